The van der Waals surface area contributed by atoms with E-state index in [9.17, 15) is 0 Å². The van der Waals surface area contributed by atoms with E-state index in [0.717, 1.165) is 30.5 Å². The lowest BCUT2D eigenvalue weighted by molar-refractivity contribution is 0.0584. The molecule has 1 aliphatic rings. The van der Waals surface area contributed by atoms with Crippen molar-refractivity contribution in [2.75, 3.05) is 13.2 Å². The summed E-state index contributed by atoms with van der Waals surface area (Å²) in [5.41, 5.74) is 7.48. The van der Waals surface area contributed by atoms with Gasteiger partial charge >= 0.3 is 0 Å². The summed E-state index contributed by atoms with van der Waals surface area (Å²) in [5.74, 6) is 0.569. The molecule has 0 saturated carbocycles. The highest BCUT2D eigenvalue weighted by molar-refractivity contribution is 9.10. The van der Waals surface area contributed by atoms with Crippen molar-refractivity contribution >= 4 is 15.9 Å². The first-order valence-electron chi connectivity index (χ1n) is 5.36. The van der Waals surface area contributed by atoms with Crippen molar-refractivity contribution in [1.82, 2.24) is 0 Å². The van der Waals surface area contributed by atoms with E-state index in [-0.39, 0.29) is 6.04 Å². The molecule has 0 radical (unpaired) electrons. The molecule has 2 nitrogen and oxygen atoms in total. The number of hydrogen-bond donors (Lipinski definition) is 1. The van der Waals surface area contributed by atoms with Gasteiger partial charge in [0.1, 0.15) is 0 Å². The van der Waals surface area contributed by atoms with Crippen LogP contribution in [0.2, 0.25) is 0 Å². The first kappa shape index (κ1) is 11.1. The molecule has 1 atom stereocenters. The molecule has 0 aromatic heterocycles. The first-order valence-corrected chi connectivity index (χ1v) is 6.15. The number of rotatable bonds is 2. The van der Waals surface area contributed by atoms with Crippen LogP contribution in [-0.4, -0.2) is 13.2 Å². The van der Waals surface area contributed by atoms with E-state index >= 15 is 0 Å². The number of halogens is 1. The van der Waals surface area contributed by atoms with E-state index in [1.54, 1.807) is 0 Å². The van der Waals surface area contributed by atoms with Gasteiger partial charge in [-0.1, -0.05) is 28.1 Å². The quantitative estimate of drug-likeness (QED) is 0.896. The van der Waals surface area contributed by atoms with Gasteiger partial charge in [-0.15, -0.1) is 0 Å². The van der Waals surface area contributed by atoms with Crippen LogP contribution in [0.1, 0.15) is 24.4 Å². The summed E-state index contributed by atoms with van der Waals surface area (Å²) in [6, 6.07) is 8.46. The Morgan fingerprint density at radius 3 is 2.40 bits per heavy atom. The number of benzene rings is 1. The minimum absolute atomic E-state index is 0.155. The predicted molar refractivity (Wildman–Crippen MR) is 64.6 cm³/mol. The summed E-state index contributed by atoms with van der Waals surface area (Å²) in [7, 11) is 0. The third kappa shape index (κ3) is 2.80. The maximum Gasteiger partial charge on any atom is 0.0469 e. The second-order valence-corrected chi connectivity index (χ2v) is 4.94. The second kappa shape index (κ2) is 5.10. The van der Waals surface area contributed by atoms with E-state index in [0.29, 0.717) is 5.92 Å². The third-order valence-corrected chi connectivity index (χ3v) is 3.56. The van der Waals surface area contributed by atoms with Crippen LogP contribution in [0.15, 0.2) is 28.7 Å². The monoisotopic (exact) mass is 269 g/mol. The molecule has 2 rings (SSSR count). The molecule has 0 spiro atoms. The summed E-state index contributed by atoms with van der Waals surface area (Å²) in [6.07, 6.45) is 2.16. The molecular formula is C12H16BrNO. The van der Waals surface area contributed by atoms with Gasteiger partial charge in [0.2, 0.25) is 0 Å². The fourth-order valence-corrected chi connectivity index (χ4v) is 2.30. The van der Waals surface area contributed by atoms with E-state index in [1.807, 2.05) is 0 Å². The molecule has 82 valence electrons. The highest BCUT2D eigenvalue weighted by atomic mass is 79.9. The average Bonchev–Trinajstić information content (AvgIpc) is 2.30. The van der Waals surface area contributed by atoms with Gasteiger partial charge in [0.25, 0.3) is 0 Å². The number of nitrogens with two attached hydrogens (primary N) is 1. The van der Waals surface area contributed by atoms with Crippen LogP contribution in [-0.2, 0) is 4.74 Å². The maximum atomic E-state index is 6.25. The molecule has 1 fully saturated rings. The molecule has 0 unspecified atom stereocenters. The fraction of sp³-hybridized carbons (Fsp3) is 0.500. The van der Waals surface area contributed by atoms with E-state index in [2.05, 4.69) is 40.2 Å². The van der Waals surface area contributed by atoms with Crippen molar-refractivity contribution in [3.8, 4) is 0 Å². The van der Waals surface area contributed by atoms with Crippen molar-refractivity contribution in [2.45, 2.75) is 18.9 Å². The van der Waals surface area contributed by atoms with Crippen LogP contribution in [0.25, 0.3) is 0 Å². The topological polar surface area (TPSA) is 35.2 Å². The summed E-state index contributed by atoms with van der Waals surface area (Å²) < 4.78 is 6.44. The normalized spacial score (nSPS) is 20.1. The van der Waals surface area contributed by atoms with E-state index < -0.39 is 0 Å². The minimum atomic E-state index is 0.155. The van der Waals surface area contributed by atoms with Gasteiger partial charge in [0, 0.05) is 23.7 Å². The smallest absolute Gasteiger partial charge is 0.0469 e. The first-order chi connectivity index (χ1) is 7.27. The molecular weight excluding hydrogens is 254 g/mol. The zero-order valence-electron chi connectivity index (χ0n) is 8.66. The van der Waals surface area contributed by atoms with Gasteiger partial charge < -0.3 is 10.5 Å². The van der Waals surface area contributed by atoms with Gasteiger partial charge in [-0.05, 0) is 36.5 Å². The van der Waals surface area contributed by atoms with E-state index in [1.165, 1.54) is 5.56 Å². The summed E-state index contributed by atoms with van der Waals surface area (Å²) in [5, 5.41) is 0. The summed E-state index contributed by atoms with van der Waals surface area (Å²) in [6.45, 7) is 1.71. The molecule has 1 aromatic rings. The van der Waals surface area contributed by atoms with Crippen molar-refractivity contribution < 1.29 is 4.74 Å². The Labute approximate surface area is 98.9 Å². The lowest BCUT2D eigenvalue weighted by Crippen LogP contribution is -2.27. The van der Waals surface area contributed by atoms with Crippen LogP contribution in [0.4, 0.5) is 0 Å². The van der Waals surface area contributed by atoms with Crippen LogP contribution in [0.3, 0.4) is 0 Å². The summed E-state index contributed by atoms with van der Waals surface area (Å²) in [4.78, 5) is 0. The van der Waals surface area contributed by atoms with Crippen molar-refractivity contribution in [3.05, 3.63) is 34.3 Å². The molecule has 0 amide bonds. The minimum Gasteiger partial charge on any atom is -0.381 e. The SMILES string of the molecule is N[C@H](c1ccc(Br)cc1)C1CCOCC1. The highest BCUT2D eigenvalue weighted by Crippen LogP contribution is 2.28. The zero-order chi connectivity index (χ0) is 10.7. The molecule has 15 heavy (non-hydrogen) atoms. The Morgan fingerprint density at radius 2 is 1.80 bits per heavy atom. The standard InChI is InChI=1S/C12H16BrNO/c13-11-3-1-9(2-4-11)12(14)10-5-7-15-8-6-10/h1-4,10,12H,5-8,14H2/t12-/m1/s1. The molecule has 1 saturated heterocycles. The van der Waals surface area contributed by atoms with Crippen molar-refractivity contribution in [3.63, 3.8) is 0 Å². The lowest BCUT2D eigenvalue weighted by atomic mass is 9.88. The Morgan fingerprint density at radius 1 is 1.20 bits per heavy atom. The maximum absolute atomic E-state index is 6.25. The number of ether oxygens (including phenoxy) is 1. The molecule has 0 aliphatic carbocycles. The molecule has 0 bridgehead atoms. The second-order valence-electron chi connectivity index (χ2n) is 4.03. The van der Waals surface area contributed by atoms with Crippen LogP contribution in [0, 0.1) is 5.92 Å². The van der Waals surface area contributed by atoms with Gasteiger partial charge in [0.05, 0.1) is 0 Å². The highest BCUT2D eigenvalue weighted by Gasteiger charge is 2.21. The molecule has 1 aromatic carbocycles. The van der Waals surface area contributed by atoms with Gasteiger partial charge in [-0.2, -0.15) is 0 Å². The van der Waals surface area contributed by atoms with Gasteiger partial charge in [0.15, 0.2) is 0 Å². The zero-order valence-corrected chi connectivity index (χ0v) is 10.2. The largest absolute Gasteiger partial charge is 0.381 e. The van der Waals surface area contributed by atoms with Crippen molar-refractivity contribution in [2.24, 2.45) is 11.7 Å². The molecule has 2 N–H and O–H groups in total. The van der Waals surface area contributed by atoms with Crippen molar-refractivity contribution in [1.29, 1.82) is 0 Å². The molecule has 3 heteroatoms. The molecule has 1 aliphatic heterocycles. The van der Waals surface area contributed by atoms with Crippen LogP contribution in [0.5, 0.6) is 0 Å². The summed E-state index contributed by atoms with van der Waals surface area (Å²) >= 11 is 3.43. The molecule has 1 heterocycles. The fourth-order valence-electron chi connectivity index (χ4n) is 2.03. The van der Waals surface area contributed by atoms with E-state index in [4.69, 9.17) is 10.5 Å². The Hall–Kier alpha value is -0.380. The average molecular weight is 270 g/mol. The number of hydrogen-bond acceptors (Lipinski definition) is 2. The Bertz CT molecular complexity index is 306. The predicted octanol–water partition coefficient (Wildman–Crippen LogP) is 2.88. The lowest BCUT2D eigenvalue weighted by Gasteiger charge is -2.27. The Balaban J connectivity index is 2.05. The third-order valence-electron chi connectivity index (χ3n) is 3.03. The van der Waals surface area contributed by atoms with Crippen LogP contribution >= 0.6 is 15.9 Å². The van der Waals surface area contributed by atoms with Gasteiger partial charge in [-0.25, -0.2) is 0 Å². The van der Waals surface area contributed by atoms with Crippen LogP contribution < -0.4 is 5.73 Å². The Kier molecular flexibility index (Phi) is 3.78. The van der Waals surface area contributed by atoms with Gasteiger partial charge in [-0.3, -0.25) is 0 Å².